The second-order valence-electron chi connectivity index (χ2n) is 9.80. The Morgan fingerprint density at radius 2 is 1.24 bits per heavy atom. The van der Waals surface area contributed by atoms with E-state index < -0.39 is 7.92 Å². The number of benzene rings is 4. The summed E-state index contributed by atoms with van der Waals surface area (Å²) >= 11 is 5.35. The Bertz CT molecular complexity index is 1140. The van der Waals surface area contributed by atoms with Gasteiger partial charge in [-0.1, -0.05) is 105 Å². The van der Waals surface area contributed by atoms with Gasteiger partial charge in [0.15, 0.2) is 5.90 Å². The molecule has 5 heteroatoms. The zero-order valence-corrected chi connectivity index (χ0v) is 26.4. The van der Waals surface area contributed by atoms with Crippen molar-refractivity contribution in [2.24, 2.45) is 10.9 Å². The molecule has 0 radical (unpaired) electrons. The first kappa shape index (κ1) is 30.5. The Labute approximate surface area is 247 Å². The third-order valence-corrected chi connectivity index (χ3v) is 8.85. The summed E-state index contributed by atoms with van der Waals surface area (Å²) in [5.41, 5.74) is 0.938. The van der Waals surface area contributed by atoms with Crippen LogP contribution in [0.25, 0.3) is 0 Å². The molecule has 0 saturated heterocycles. The predicted molar refractivity (Wildman–Crippen MR) is 164 cm³/mol. The summed E-state index contributed by atoms with van der Waals surface area (Å²) in [5.74, 6) is 1.38. The van der Waals surface area contributed by atoms with E-state index in [2.05, 4.69) is 161 Å². The summed E-state index contributed by atoms with van der Waals surface area (Å²) in [5, 5.41) is 4.19. The van der Waals surface area contributed by atoms with Crippen LogP contribution in [0.1, 0.15) is 33.3 Å². The molecule has 4 aromatic rings. The topological polar surface area (TPSA) is 21.6 Å². The van der Waals surface area contributed by atoms with E-state index in [0.717, 1.165) is 11.5 Å². The molecular weight excluding hydrogens is 644 g/mol. The number of rotatable bonds is 6. The van der Waals surface area contributed by atoms with Crippen LogP contribution in [0.4, 0.5) is 0 Å². The summed E-state index contributed by atoms with van der Waals surface area (Å²) in [6.07, 6.45) is 0. The second kappa shape index (κ2) is 15.5. The molecule has 4 aromatic carbocycles. The van der Waals surface area contributed by atoms with Gasteiger partial charge >= 0.3 is 30.6 Å². The van der Waals surface area contributed by atoms with Gasteiger partial charge in [0, 0.05) is 5.41 Å². The number of hydrogen-bond acceptors (Lipinski definition) is 2. The standard InChI is InChI=1S/C18H15P.C15H20NO.BrH.Pd/c1-4-10-16(11-5-1)19(17-12-6-2-7-13-17)18-14-8-3-9-15-18;1-11(2)13-10-17-14(16-13)15(3,4)12-8-6-5-7-9-12;;/h1-15H;5-8,11,13H,10H2,1-4H3;1H;/q;-1;;+2/p-1/t;13-;;/m.1../s1. The normalized spacial score (nSPS) is 14.6. The summed E-state index contributed by atoms with van der Waals surface area (Å²) in [6.45, 7) is 9.36. The van der Waals surface area contributed by atoms with Crippen LogP contribution in [0, 0.1) is 12.0 Å². The van der Waals surface area contributed by atoms with Crippen molar-refractivity contribution < 1.29 is 21.9 Å². The van der Waals surface area contributed by atoms with E-state index in [9.17, 15) is 0 Å². The van der Waals surface area contributed by atoms with E-state index in [4.69, 9.17) is 9.73 Å². The van der Waals surface area contributed by atoms with Gasteiger partial charge in [-0.05, 0) is 43.6 Å². The first-order valence-corrected chi connectivity index (χ1v) is 17.6. The molecule has 0 saturated carbocycles. The van der Waals surface area contributed by atoms with E-state index in [-0.39, 0.29) is 5.41 Å². The number of halogens is 1. The van der Waals surface area contributed by atoms with E-state index in [1.54, 1.807) is 0 Å². The molecular formula is C33H35BrNOPPd. The first-order chi connectivity index (χ1) is 18.5. The Kier molecular flexibility index (Phi) is 12.4. The molecule has 1 atom stereocenters. The number of hydrogen-bond donors (Lipinski definition) is 0. The van der Waals surface area contributed by atoms with Crippen molar-refractivity contribution in [3.8, 4) is 0 Å². The van der Waals surface area contributed by atoms with Crippen LogP contribution in [-0.2, 0) is 27.3 Å². The van der Waals surface area contributed by atoms with Crippen LogP contribution in [-0.4, -0.2) is 18.5 Å². The van der Waals surface area contributed by atoms with Crippen LogP contribution in [0.5, 0.6) is 0 Å². The maximum atomic E-state index is 5.78. The van der Waals surface area contributed by atoms with Crippen LogP contribution >= 0.6 is 21.4 Å². The fourth-order valence-electron chi connectivity index (χ4n) is 4.15. The minimum Gasteiger partial charge on any atom is -0.0622 e. The van der Waals surface area contributed by atoms with Crippen LogP contribution < -0.4 is 15.9 Å². The van der Waals surface area contributed by atoms with Crippen molar-refractivity contribution in [1.29, 1.82) is 0 Å². The van der Waals surface area contributed by atoms with Crippen LogP contribution in [0.3, 0.4) is 0 Å². The van der Waals surface area contributed by atoms with Gasteiger partial charge in [0.25, 0.3) is 0 Å². The van der Waals surface area contributed by atoms with Crippen molar-refractivity contribution in [3.63, 3.8) is 0 Å². The molecule has 0 bridgehead atoms. The SMILES string of the molecule is CC(C)[C@H]1COC(C(C)(C)c2[c-]cccc2)=N1.[Br][Pd+].c1ccc(P(c2ccccc2)c2ccccc2)cc1. The average Bonchev–Trinajstić information content (AvgIpc) is 3.49. The van der Waals surface area contributed by atoms with Gasteiger partial charge in [0.1, 0.15) is 6.61 Å². The van der Waals surface area contributed by atoms with E-state index in [1.807, 2.05) is 18.2 Å². The van der Waals surface area contributed by atoms with Gasteiger partial charge in [-0.3, -0.25) is 0 Å². The van der Waals surface area contributed by atoms with Crippen LogP contribution in [0.2, 0.25) is 0 Å². The Balaban J connectivity index is 0.000000199. The fraction of sp³-hybridized carbons (Fsp3) is 0.242. The zero-order chi connectivity index (χ0) is 27.4. The molecule has 0 unspecified atom stereocenters. The maximum Gasteiger partial charge on any atom is -0.0134 e. The number of ether oxygens (including phenoxy) is 1. The summed E-state index contributed by atoms with van der Waals surface area (Å²) in [7, 11) is -0.446. The monoisotopic (exact) mass is 677 g/mol. The summed E-state index contributed by atoms with van der Waals surface area (Å²) in [4.78, 5) is 4.71. The molecule has 0 N–H and O–H groups in total. The summed E-state index contributed by atoms with van der Waals surface area (Å²) < 4.78 is 5.78. The Morgan fingerprint density at radius 1 is 0.789 bits per heavy atom. The average molecular weight is 679 g/mol. The molecule has 1 aliphatic heterocycles. The zero-order valence-electron chi connectivity index (χ0n) is 22.3. The predicted octanol–water partition coefficient (Wildman–Crippen LogP) is 7.51. The molecule has 5 rings (SSSR count). The van der Waals surface area contributed by atoms with E-state index in [0.29, 0.717) is 18.6 Å². The molecule has 0 amide bonds. The van der Waals surface area contributed by atoms with Gasteiger partial charge in [-0.15, -0.1) is 5.56 Å². The molecule has 0 spiro atoms. The largest absolute Gasteiger partial charge is 0.0622 e. The molecule has 38 heavy (non-hydrogen) atoms. The quantitative estimate of drug-likeness (QED) is 0.118. The van der Waals surface area contributed by atoms with E-state index in [1.165, 1.54) is 15.9 Å². The van der Waals surface area contributed by atoms with Gasteiger partial charge in [-0.25, -0.2) is 4.99 Å². The molecule has 2 nitrogen and oxygen atoms in total. The minimum absolute atomic E-state index is 0.190. The second-order valence-corrected chi connectivity index (χ2v) is 12.0. The van der Waals surface area contributed by atoms with Crippen molar-refractivity contribution in [3.05, 3.63) is 127 Å². The van der Waals surface area contributed by atoms with Crippen molar-refractivity contribution in [1.82, 2.24) is 0 Å². The molecule has 0 fully saturated rings. The van der Waals surface area contributed by atoms with Crippen molar-refractivity contribution in [2.75, 3.05) is 6.61 Å². The van der Waals surface area contributed by atoms with Crippen molar-refractivity contribution in [2.45, 2.75) is 39.2 Å². The number of nitrogens with zero attached hydrogens (tertiary/aromatic N) is 1. The number of aliphatic imine (C=N–C) groups is 1. The fourth-order valence-corrected chi connectivity index (χ4v) is 6.45. The van der Waals surface area contributed by atoms with Gasteiger partial charge in [-0.2, -0.15) is 30.3 Å². The minimum atomic E-state index is -0.446. The first-order valence-electron chi connectivity index (χ1n) is 12.7. The maximum absolute atomic E-state index is 5.78. The molecule has 0 aliphatic carbocycles. The summed E-state index contributed by atoms with van der Waals surface area (Å²) in [6, 6.07) is 43.9. The van der Waals surface area contributed by atoms with Gasteiger partial charge in [0.2, 0.25) is 0 Å². The molecule has 0 aromatic heterocycles. The smallest absolute Gasteiger partial charge is 0.0134 e. The van der Waals surface area contributed by atoms with Gasteiger partial charge in [0.05, 0.1) is 6.04 Å². The van der Waals surface area contributed by atoms with Crippen molar-refractivity contribution >= 4 is 43.2 Å². The third-order valence-electron chi connectivity index (χ3n) is 6.40. The van der Waals surface area contributed by atoms with Gasteiger partial charge < -0.3 is 4.74 Å². The Hall–Kier alpha value is -2.08. The molecule has 1 aliphatic rings. The molecule has 200 valence electrons. The third kappa shape index (κ3) is 8.21. The van der Waals surface area contributed by atoms with E-state index >= 15 is 0 Å². The Morgan fingerprint density at radius 3 is 1.61 bits per heavy atom. The van der Waals surface area contributed by atoms with Crippen LogP contribution in [0.15, 0.2) is 120 Å². The molecule has 1 heterocycles.